The highest BCUT2D eigenvalue weighted by atomic mass is 35.5. The van der Waals surface area contributed by atoms with Crippen LogP contribution in [0.1, 0.15) is 52.5 Å². The fourth-order valence-electron chi connectivity index (χ4n) is 4.37. The molecule has 0 radical (unpaired) electrons. The summed E-state index contributed by atoms with van der Waals surface area (Å²) in [6, 6.07) is 15.5. The van der Waals surface area contributed by atoms with Crippen LogP contribution in [0.2, 0.25) is 10.0 Å². The molecule has 0 aliphatic carbocycles. The highest BCUT2D eigenvalue weighted by molar-refractivity contribution is 6.37. The number of carboxylic acids is 1. The van der Waals surface area contributed by atoms with Gasteiger partial charge in [-0.1, -0.05) is 49.2 Å². The molecule has 0 unspecified atom stereocenters. The highest BCUT2D eigenvalue weighted by Crippen LogP contribution is 2.33. The van der Waals surface area contributed by atoms with E-state index in [0.717, 1.165) is 22.5 Å². The average Bonchev–Trinajstić information content (AvgIpc) is 3.27. The number of ether oxygens (including phenoxy) is 1. The van der Waals surface area contributed by atoms with Crippen molar-refractivity contribution < 1.29 is 19.7 Å². The summed E-state index contributed by atoms with van der Waals surface area (Å²) in [5.74, 6) is -0.209. The number of halogens is 2. The van der Waals surface area contributed by atoms with Gasteiger partial charge in [0.05, 0.1) is 27.5 Å². The molecule has 0 saturated heterocycles. The van der Waals surface area contributed by atoms with E-state index < -0.39 is 5.97 Å². The van der Waals surface area contributed by atoms with Crippen LogP contribution in [0.3, 0.4) is 0 Å². The molecule has 0 aliphatic rings. The van der Waals surface area contributed by atoms with Crippen LogP contribution in [0.15, 0.2) is 60.8 Å². The maximum absolute atomic E-state index is 11.1. The molecule has 9 heteroatoms. The monoisotopic (exact) mass is 553 g/mol. The standard InChI is InChI=1S/C29H29Cl2N3O4/c1-17(2)22-14-32-34(28-23(30)6-5-7-24(28)31)26(22)16-38-21-10-11-25(18(3)12-21)33(4)15-20-9-8-19(29(36)37)13-27(20)35/h5-14,17,35H,15-16H2,1-4H3,(H,36,37). The number of aromatic nitrogens is 2. The molecule has 4 rings (SSSR count). The zero-order valence-electron chi connectivity index (χ0n) is 21.6. The molecule has 38 heavy (non-hydrogen) atoms. The molecule has 1 heterocycles. The summed E-state index contributed by atoms with van der Waals surface area (Å²) in [5.41, 5.74) is 5.15. The van der Waals surface area contributed by atoms with Crippen molar-refractivity contribution in [1.82, 2.24) is 9.78 Å². The van der Waals surface area contributed by atoms with Crippen LogP contribution < -0.4 is 9.64 Å². The van der Waals surface area contributed by atoms with E-state index in [-0.39, 0.29) is 23.8 Å². The molecule has 4 aromatic rings. The third kappa shape index (κ3) is 5.74. The second-order valence-corrected chi connectivity index (χ2v) is 10.2. The van der Waals surface area contributed by atoms with Crippen LogP contribution in [0.4, 0.5) is 5.69 Å². The second-order valence-electron chi connectivity index (χ2n) is 9.43. The molecule has 0 amide bonds. The number of aromatic carboxylic acids is 1. The first-order chi connectivity index (χ1) is 18.1. The molecule has 0 spiro atoms. The number of aromatic hydroxyl groups is 1. The Morgan fingerprint density at radius 2 is 1.82 bits per heavy atom. The third-order valence-corrected chi connectivity index (χ3v) is 6.98. The number of phenols is 1. The van der Waals surface area contributed by atoms with Gasteiger partial charge in [-0.3, -0.25) is 0 Å². The Labute approximate surface area is 231 Å². The molecule has 3 aromatic carbocycles. The number of anilines is 1. The summed E-state index contributed by atoms with van der Waals surface area (Å²) in [6.07, 6.45) is 1.82. The van der Waals surface area contributed by atoms with Gasteiger partial charge in [-0.15, -0.1) is 0 Å². The highest BCUT2D eigenvalue weighted by Gasteiger charge is 2.19. The van der Waals surface area contributed by atoms with Gasteiger partial charge in [-0.05, 0) is 66.4 Å². The number of para-hydroxylation sites is 1. The summed E-state index contributed by atoms with van der Waals surface area (Å²) in [5, 5.41) is 25.0. The van der Waals surface area contributed by atoms with Crippen molar-refractivity contribution in [2.24, 2.45) is 0 Å². The lowest BCUT2D eigenvalue weighted by molar-refractivity contribution is 0.0696. The normalized spacial score (nSPS) is 11.1. The zero-order chi connectivity index (χ0) is 27.6. The molecule has 7 nitrogen and oxygen atoms in total. The lowest BCUT2D eigenvalue weighted by Crippen LogP contribution is -2.17. The minimum atomic E-state index is -1.08. The largest absolute Gasteiger partial charge is 0.508 e. The van der Waals surface area contributed by atoms with Crippen LogP contribution >= 0.6 is 23.2 Å². The first-order valence-corrected chi connectivity index (χ1v) is 12.8. The fraction of sp³-hybridized carbons (Fsp3) is 0.241. The molecule has 0 aliphatic heterocycles. The van der Waals surface area contributed by atoms with E-state index in [9.17, 15) is 9.90 Å². The second kappa shape index (κ2) is 11.4. The number of carboxylic acid groups (broad SMARTS) is 1. The first-order valence-electron chi connectivity index (χ1n) is 12.1. The number of hydrogen-bond acceptors (Lipinski definition) is 5. The number of carbonyl (C=O) groups is 1. The molecule has 0 atom stereocenters. The summed E-state index contributed by atoms with van der Waals surface area (Å²) in [6.45, 7) is 6.86. The van der Waals surface area contributed by atoms with Gasteiger partial charge in [0.2, 0.25) is 0 Å². The fourth-order valence-corrected chi connectivity index (χ4v) is 4.92. The minimum Gasteiger partial charge on any atom is -0.508 e. The van der Waals surface area contributed by atoms with Crippen molar-refractivity contribution in [2.75, 3.05) is 11.9 Å². The molecular formula is C29H29Cl2N3O4. The van der Waals surface area contributed by atoms with Gasteiger partial charge in [-0.25, -0.2) is 9.48 Å². The molecule has 2 N–H and O–H groups in total. The van der Waals surface area contributed by atoms with E-state index in [4.69, 9.17) is 33.0 Å². The Morgan fingerprint density at radius 1 is 1.11 bits per heavy atom. The van der Waals surface area contributed by atoms with E-state index in [1.165, 1.54) is 12.1 Å². The Morgan fingerprint density at radius 3 is 2.42 bits per heavy atom. The first kappa shape index (κ1) is 27.4. The van der Waals surface area contributed by atoms with Crippen LogP contribution in [0.25, 0.3) is 5.69 Å². The Bertz CT molecular complexity index is 1460. The van der Waals surface area contributed by atoms with E-state index in [0.29, 0.717) is 33.6 Å². The summed E-state index contributed by atoms with van der Waals surface area (Å²) >= 11 is 12.9. The maximum Gasteiger partial charge on any atom is 0.335 e. The van der Waals surface area contributed by atoms with Crippen molar-refractivity contribution >= 4 is 34.9 Å². The van der Waals surface area contributed by atoms with Gasteiger partial charge in [0.25, 0.3) is 0 Å². The van der Waals surface area contributed by atoms with Gasteiger partial charge in [0.15, 0.2) is 0 Å². The quantitative estimate of drug-likeness (QED) is 0.227. The molecule has 1 aromatic heterocycles. The lowest BCUT2D eigenvalue weighted by Gasteiger charge is -2.23. The zero-order valence-corrected chi connectivity index (χ0v) is 23.1. The van der Waals surface area contributed by atoms with Crippen LogP contribution in [0.5, 0.6) is 11.5 Å². The Balaban J connectivity index is 1.53. The van der Waals surface area contributed by atoms with Crippen molar-refractivity contribution in [3.63, 3.8) is 0 Å². The van der Waals surface area contributed by atoms with Gasteiger partial charge in [0, 0.05) is 24.8 Å². The molecular weight excluding hydrogens is 525 g/mol. The number of benzene rings is 3. The number of rotatable bonds is 9. The number of aryl methyl sites for hydroxylation is 1. The molecule has 198 valence electrons. The minimum absolute atomic E-state index is 0.0466. The van der Waals surface area contributed by atoms with Crippen LogP contribution in [-0.2, 0) is 13.2 Å². The van der Waals surface area contributed by atoms with Gasteiger partial charge < -0.3 is 19.8 Å². The SMILES string of the molecule is Cc1cc(OCc2c(C(C)C)cnn2-c2c(Cl)cccc2Cl)ccc1N(C)Cc1ccc(C(=O)O)cc1O. The summed E-state index contributed by atoms with van der Waals surface area (Å²) in [4.78, 5) is 13.1. The van der Waals surface area contributed by atoms with Crippen molar-refractivity contribution in [3.8, 4) is 17.2 Å². The van der Waals surface area contributed by atoms with Crippen molar-refractivity contribution in [1.29, 1.82) is 0 Å². The summed E-state index contributed by atoms with van der Waals surface area (Å²) in [7, 11) is 1.91. The molecule has 0 fully saturated rings. The maximum atomic E-state index is 11.1. The topological polar surface area (TPSA) is 87.8 Å². The summed E-state index contributed by atoms with van der Waals surface area (Å²) < 4.78 is 7.96. The Kier molecular flexibility index (Phi) is 8.19. The number of hydrogen-bond donors (Lipinski definition) is 2. The van der Waals surface area contributed by atoms with E-state index in [2.05, 4.69) is 18.9 Å². The van der Waals surface area contributed by atoms with Gasteiger partial charge >= 0.3 is 5.97 Å². The molecule has 0 saturated carbocycles. The van der Waals surface area contributed by atoms with Gasteiger partial charge in [-0.2, -0.15) is 5.10 Å². The van der Waals surface area contributed by atoms with Crippen LogP contribution in [0, 0.1) is 6.92 Å². The average molecular weight is 554 g/mol. The third-order valence-electron chi connectivity index (χ3n) is 6.37. The van der Waals surface area contributed by atoms with Crippen molar-refractivity contribution in [3.05, 3.63) is 98.8 Å². The van der Waals surface area contributed by atoms with Gasteiger partial charge in [0.1, 0.15) is 23.8 Å². The van der Waals surface area contributed by atoms with E-state index in [1.54, 1.807) is 28.9 Å². The molecule has 0 bridgehead atoms. The predicted molar refractivity (Wildman–Crippen MR) is 150 cm³/mol. The van der Waals surface area contributed by atoms with Crippen LogP contribution in [-0.4, -0.2) is 33.0 Å². The number of phenolic OH excluding ortho intramolecular Hbond substituents is 1. The number of nitrogens with zero attached hydrogens (tertiary/aromatic N) is 3. The predicted octanol–water partition coefficient (Wildman–Crippen LogP) is 7.23. The van der Waals surface area contributed by atoms with E-state index >= 15 is 0 Å². The van der Waals surface area contributed by atoms with Crippen molar-refractivity contribution in [2.45, 2.75) is 39.8 Å². The van der Waals surface area contributed by atoms with E-state index in [1.807, 2.05) is 43.3 Å². The lowest BCUT2D eigenvalue weighted by atomic mass is 10.0. The smallest absolute Gasteiger partial charge is 0.335 e. The Hall–Kier alpha value is -3.68.